The Morgan fingerprint density at radius 2 is 0.925 bits per heavy atom. The number of nitrogens with zero attached hydrogens (tertiary/aromatic N) is 3. The molecule has 0 amide bonds. The van der Waals surface area contributed by atoms with Crippen molar-refractivity contribution in [2.45, 2.75) is 13.8 Å². The van der Waals surface area contributed by atoms with Crippen LogP contribution in [0.3, 0.4) is 0 Å². The molecule has 6 aromatic rings. The average Bonchev–Trinajstić information content (AvgIpc) is 3.00. The van der Waals surface area contributed by atoms with Gasteiger partial charge in [-0.1, -0.05) is 60.7 Å². The number of benzene rings is 4. The fraction of sp³-hybridized carbons (Fsp3) is 0.0556. The summed E-state index contributed by atoms with van der Waals surface area (Å²) in [4.78, 5) is 11.4. The molecule has 0 spiro atoms. The van der Waals surface area contributed by atoms with E-state index < -0.39 is 0 Å². The minimum Gasteiger partial charge on any atom is -0.376 e. The monoisotopic (exact) mass is 511 g/mol. The van der Waals surface area contributed by atoms with Gasteiger partial charge in [-0.15, -0.1) is 0 Å². The Hall–Kier alpha value is -4.96. The number of pyridine rings is 2. The van der Waals surface area contributed by atoms with Gasteiger partial charge in [0.2, 0.25) is 0 Å². The molecule has 40 heavy (non-hydrogen) atoms. The van der Waals surface area contributed by atoms with Crippen LogP contribution in [0.1, 0.15) is 11.4 Å². The standard InChI is InChI=1S/C36H26BN3/c1-23-19-27(15-17-38-23)25-11-13-35-31(21-25)29-7-3-5-9-33(29)37-34-10-6-4-8-30(34)32-22-26(12-14-36(32)40(35)37)28-16-18-39-24(2)20-28/h3-22H,1-2H3. The third kappa shape index (κ3) is 3.46. The van der Waals surface area contributed by atoms with Crippen LogP contribution in [0.25, 0.3) is 44.5 Å². The Balaban J connectivity index is 1.38. The van der Waals surface area contributed by atoms with Crippen molar-refractivity contribution in [1.82, 2.24) is 9.97 Å². The van der Waals surface area contributed by atoms with Gasteiger partial charge in [0.25, 0.3) is 0 Å². The zero-order valence-corrected chi connectivity index (χ0v) is 22.5. The van der Waals surface area contributed by atoms with Gasteiger partial charge in [0.15, 0.2) is 0 Å². The van der Waals surface area contributed by atoms with Crippen molar-refractivity contribution >= 4 is 29.1 Å². The summed E-state index contributed by atoms with van der Waals surface area (Å²) in [6.07, 6.45) is 3.79. The van der Waals surface area contributed by atoms with E-state index in [2.05, 4.69) is 124 Å². The van der Waals surface area contributed by atoms with Gasteiger partial charge in [-0.2, -0.15) is 0 Å². The smallest absolute Gasteiger partial charge is 0.329 e. The van der Waals surface area contributed by atoms with E-state index in [1.165, 1.54) is 66.8 Å². The van der Waals surface area contributed by atoms with Gasteiger partial charge in [0, 0.05) is 46.3 Å². The molecule has 3 nitrogen and oxygen atoms in total. The van der Waals surface area contributed by atoms with Crippen LogP contribution in [0.4, 0.5) is 11.4 Å². The topological polar surface area (TPSA) is 29.0 Å². The fourth-order valence-corrected chi connectivity index (χ4v) is 6.55. The van der Waals surface area contributed by atoms with Gasteiger partial charge in [0.05, 0.1) is 0 Å². The van der Waals surface area contributed by atoms with E-state index in [9.17, 15) is 0 Å². The number of fused-ring (bicyclic) bond motifs is 11. The minimum atomic E-state index is 0.107. The molecule has 0 saturated carbocycles. The Morgan fingerprint density at radius 3 is 1.40 bits per heavy atom. The van der Waals surface area contributed by atoms with Gasteiger partial charge in [-0.25, -0.2) is 0 Å². The molecule has 0 N–H and O–H groups in total. The zero-order chi connectivity index (χ0) is 26.8. The van der Waals surface area contributed by atoms with Crippen LogP contribution in [0.2, 0.25) is 0 Å². The van der Waals surface area contributed by atoms with Crippen molar-refractivity contribution in [3.05, 3.63) is 133 Å². The van der Waals surface area contributed by atoms with Crippen molar-refractivity contribution in [1.29, 1.82) is 0 Å². The molecular weight excluding hydrogens is 485 g/mol. The van der Waals surface area contributed by atoms with Crippen LogP contribution in [-0.2, 0) is 0 Å². The van der Waals surface area contributed by atoms with Gasteiger partial charge in [-0.05, 0) is 107 Å². The molecule has 0 bridgehead atoms. The Kier molecular flexibility index (Phi) is 5.05. The first-order valence-electron chi connectivity index (χ1n) is 13.8. The zero-order valence-electron chi connectivity index (χ0n) is 22.5. The van der Waals surface area contributed by atoms with Crippen LogP contribution < -0.4 is 15.7 Å². The lowest BCUT2D eigenvalue weighted by atomic mass is 9.43. The Labute approximate surface area is 234 Å². The molecule has 0 unspecified atom stereocenters. The van der Waals surface area contributed by atoms with Crippen LogP contribution in [0.5, 0.6) is 0 Å². The first kappa shape index (κ1) is 23.0. The van der Waals surface area contributed by atoms with Crippen LogP contribution in [0, 0.1) is 13.8 Å². The van der Waals surface area contributed by atoms with E-state index in [1.54, 1.807) is 0 Å². The summed E-state index contributed by atoms with van der Waals surface area (Å²) in [6.45, 7) is 4.20. The highest BCUT2D eigenvalue weighted by atomic mass is 15.1. The number of aryl methyl sites for hydroxylation is 2. The van der Waals surface area contributed by atoms with Crippen molar-refractivity contribution in [2.24, 2.45) is 0 Å². The van der Waals surface area contributed by atoms with E-state index >= 15 is 0 Å². The molecule has 0 aliphatic carbocycles. The van der Waals surface area contributed by atoms with E-state index in [1.807, 2.05) is 26.2 Å². The maximum absolute atomic E-state index is 4.41. The largest absolute Gasteiger partial charge is 0.376 e. The third-order valence-electron chi connectivity index (χ3n) is 8.32. The summed E-state index contributed by atoms with van der Waals surface area (Å²) in [5.74, 6) is 0. The van der Waals surface area contributed by atoms with Gasteiger partial charge in [-0.3, -0.25) is 9.97 Å². The molecule has 4 heteroatoms. The Bertz CT molecular complexity index is 1820. The first-order valence-corrected chi connectivity index (χ1v) is 13.8. The number of hydrogen-bond acceptors (Lipinski definition) is 3. The number of rotatable bonds is 2. The average molecular weight is 511 g/mol. The summed E-state index contributed by atoms with van der Waals surface area (Å²) in [7, 11) is 0. The highest BCUT2D eigenvalue weighted by molar-refractivity contribution is 6.92. The maximum Gasteiger partial charge on any atom is 0.329 e. The van der Waals surface area contributed by atoms with E-state index in [4.69, 9.17) is 0 Å². The molecule has 0 atom stereocenters. The lowest BCUT2D eigenvalue weighted by Gasteiger charge is -2.43. The third-order valence-corrected chi connectivity index (χ3v) is 8.32. The van der Waals surface area contributed by atoms with Crippen LogP contribution in [0.15, 0.2) is 122 Å². The summed E-state index contributed by atoms with van der Waals surface area (Å²) in [5, 5.41) is 0. The molecule has 2 aromatic heterocycles. The maximum atomic E-state index is 4.41. The molecule has 188 valence electrons. The second-order valence-corrected chi connectivity index (χ2v) is 10.8. The minimum absolute atomic E-state index is 0.107. The molecule has 4 aromatic carbocycles. The first-order chi connectivity index (χ1) is 19.7. The SMILES string of the molecule is Cc1cc(-c2ccc3c(c2)-c2ccccc2B2c4ccccc4-c4cc(-c5ccnc(C)c5)ccc4N23)ccn1. The van der Waals surface area contributed by atoms with Crippen molar-refractivity contribution in [2.75, 3.05) is 4.81 Å². The van der Waals surface area contributed by atoms with Crippen LogP contribution in [-0.4, -0.2) is 16.8 Å². The molecule has 2 aliphatic heterocycles. The second-order valence-electron chi connectivity index (χ2n) is 10.8. The molecule has 0 fully saturated rings. The van der Waals surface area contributed by atoms with Gasteiger partial charge in [0.1, 0.15) is 0 Å². The number of aromatic nitrogens is 2. The van der Waals surface area contributed by atoms with E-state index in [0.29, 0.717) is 0 Å². The van der Waals surface area contributed by atoms with E-state index in [0.717, 1.165) is 11.4 Å². The quantitative estimate of drug-likeness (QED) is 0.228. The molecular formula is C36H26BN3. The highest BCUT2D eigenvalue weighted by Gasteiger charge is 2.42. The summed E-state index contributed by atoms with van der Waals surface area (Å²) >= 11 is 0. The van der Waals surface area contributed by atoms with Gasteiger partial charge < -0.3 is 4.81 Å². The molecule has 0 saturated heterocycles. The summed E-state index contributed by atoms with van der Waals surface area (Å²) in [6, 6.07) is 40.2. The van der Waals surface area contributed by atoms with Crippen molar-refractivity contribution in [3.8, 4) is 44.5 Å². The predicted molar refractivity (Wildman–Crippen MR) is 167 cm³/mol. The summed E-state index contributed by atoms with van der Waals surface area (Å²) < 4.78 is 0. The normalized spacial score (nSPS) is 12.7. The van der Waals surface area contributed by atoms with Crippen molar-refractivity contribution < 1.29 is 0 Å². The predicted octanol–water partition coefficient (Wildman–Crippen LogP) is 7.33. The molecule has 4 heterocycles. The van der Waals surface area contributed by atoms with Crippen molar-refractivity contribution in [3.63, 3.8) is 0 Å². The Morgan fingerprint density at radius 1 is 0.475 bits per heavy atom. The lowest BCUT2D eigenvalue weighted by Crippen LogP contribution is -2.59. The molecule has 2 aliphatic rings. The van der Waals surface area contributed by atoms with E-state index in [-0.39, 0.29) is 6.85 Å². The molecule has 8 rings (SSSR count). The second kappa shape index (κ2) is 8.79. The number of hydrogen-bond donors (Lipinski definition) is 0. The highest BCUT2D eigenvalue weighted by Crippen LogP contribution is 2.47. The lowest BCUT2D eigenvalue weighted by molar-refractivity contribution is 1.20. The van der Waals surface area contributed by atoms with Gasteiger partial charge >= 0.3 is 6.85 Å². The fourth-order valence-electron chi connectivity index (χ4n) is 6.55. The number of anilines is 2. The van der Waals surface area contributed by atoms with Crippen LogP contribution >= 0.6 is 0 Å². The molecule has 0 radical (unpaired) electrons. The summed E-state index contributed by atoms with van der Waals surface area (Å²) in [5.41, 5.74) is 17.1.